The molecule has 2 aromatic carbocycles. The lowest BCUT2D eigenvalue weighted by Crippen LogP contribution is -2.28. The second-order valence-corrected chi connectivity index (χ2v) is 7.38. The Morgan fingerprint density at radius 1 is 1.32 bits per heavy atom. The van der Waals surface area contributed by atoms with E-state index in [9.17, 15) is 5.11 Å². The van der Waals surface area contributed by atoms with E-state index >= 15 is 0 Å². The third-order valence-electron chi connectivity index (χ3n) is 4.77. The van der Waals surface area contributed by atoms with Crippen LogP contribution in [0.3, 0.4) is 0 Å². The Morgan fingerprint density at radius 3 is 2.64 bits per heavy atom. The van der Waals surface area contributed by atoms with Gasteiger partial charge in [-0.25, -0.2) is 0 Å². The van der Waals surface area contributed by atoms with Gasteiger partial charge in [-0.05, 0) is 62.3 Å². The molecule has 0 aromatic heterocycles. The number of aryl methyl sites for hydroxylation is 1. The van der Waals surface area contributed by atoms with Gasteiger partial charge in [-0.1, -0.05) is 31.6 Å². The van der Waals surface area contributed by atoms with Gasteiger partial charge in [0.05, 0.1) is 6.61 Å². The molecule has 134 valence electrons. The quantitative estimate of drug-likeness (QED) is 0.754. The Hall–Kier alpha value is -2.00. The molecule has 0 bridgehead atoms. The zero-order valence-electron chi connectivity index (χ0n) is 16.0. The molecule has 25 heavy (non-hydrogen) atoms. The summed E-state index contributed by atoms with van der Waals surface area (Å²) in [5, 5.41) is 13.0. The molecule has 3 nitrogen and oxygen atoms in total. The number of ether oxygens (including phenoxy) is 2. The highest BCUT2D eigenvalue weighted by Crippen LogP contribution is 2.49. The smallest absolute Gasteiger partial charge is 0.170 e. The van der Waals surface area contributed by atoms with E-state index in [1.165, 1.54) is 0 Å². The molecule has 0 amide bonds. The van der Waals surface area contributed by atoms with E-state index in [4.69, 9.17) is 9.47 Å². The Bertz CT molecular complexity index is 829. The lowest BCUT2D eigenvalue weighted by molar-refractivity contribution is 0.0557. The molecule has 0 saturated heterocycles. The summed E-state index contributed by atoms with van der Waals surface area (Å²) in [6, 6.07) is 6.37. The minimum atomic E-state index is -0.675. The lowest BCUT2D eigenvalue weighted by Gasteiger charge is -2.33. The summed E-state index contributed by atoms with van der Waals surface area (Å²) in [6.45, 7) is 13.0. The van der Waals surface area contributed by atoms with Crippen LogP contribution in [0.2, 0.25) is 0 Å². The average molecular weight is 340 g/mol. The molecule has 1 N–H and O–H groups in total. The van der Waals surface area contributed by atoms with Crippen LogP contribution in [0.15, 0.2) is 29.8 Å². The fourth-order valence-electron chi connectivity index (χ4n) is 3.63. The largest absolute Gasteiger partial charge is 0.490 e. The first kappa shape index (κ1) is 17.8. The molecule has 1 heterocycles. The van der Waals surface area contributed by atoms with E-state index in [1.807, 2.05) is 33.8 Å². The number of benzene rings is 2. The minimum absolute atomic E-state index is 0.323. The molecule has 0 radical (unpaired) electrons. The first-order chi connectivity index (χ1) is 11.8. The Morgan fingerprint density at radius 2 is 2.04 bits per heavy atom. The average Bonchev–Trinajstić information content (AvgIpc) is 2.54. The number of rotatable bonds is 4. The molecule has 1 aliphatic rings. The molecular formula is C22H28O3. The van der Waals surface area contributed by atoms with Gasteiger partial charge in [-0.15, -0.1) is 0 Å². The molecule has 0 spiro atoms. The van der Waals surface area contributed by atoms with Crippen molar-refractivity contribution in [1.29, 1.82) is 0 Å². The van der Waals surface area contributed by atoms with Gasteiger partial charge >= 0.3 is 0 Å². The monoisotopic (exact) mass is 340 g/mol. The molecule has 2 aromatic rings. The van der Waals surface area contributed by atoms with Gasteiger partial charge in [0.15, 0.2) is 11.5 Å². The van der Waals surface area contributed by atoms with Crippen molar-refractivity contribution in [3.63, 3.8) is 0 Å². The molecule has 0 fully saturated rings. The van der Waals surface area contributed by atoms with E-state index in [1.54, 1.807) is 0 Å². The number of hydrogen-bond donors (Lipinski definition) is 1. The standard InChI is InChI=1S/C22H28O3/c1-7-24-21-16(13(4)5)11-15-9-8-14(6)18-19(15)22(21)25-17(20(18)23)10-12(2)3/h8-11,13,17,20,23H,7H2,1-6H3/t17-,20+/m1/s1. The van der Waals surface area contributed by atoms with Crippen molar-refractivity contribution in [3.8, 4) is 11.5 Å². The summed E-state index contributed by atoms with van der Waals surface area (Å²) in [6.07, 6.45) is 0.915. The molecule has 1 aliphatic heterocycles. The maximum Gasteiger partial charge on any atom is 0.170 e. The molecule has 3 heteroatoms. The fourth-order valence-corrected chi connectivity index (χ4v) is 3.63. The van der Waals surface area contributed by atoms with Gasteiger partial charge in [-0.2, -0.15) is 0 Å². The van der Waals surface area contributed by atoms with E-state index < -0.39 is 12.2 Å². The summed E-state index contributed by atoms with van der Waals surface area (Å²) >= 11 is 0. The maximum absolute atomic E-state index is 11.0. The number of aliphatic hydroxyl groups is 1. The SMILES string of the molecule is CCOc1c(C(C)C)cc2ccc(C)c3c2c1O[C@H](C=C(C)C)[C@@H]3O. The predicted molar refractivity (Wildman–Crippen MR) is 103 cm³/mol. The van der Waals surface area contributed by atoms with Crippen molar-refractivity contribution in [2.45, 2.75) is 59.7 Å². The van der Waals surface area contributed by atoms with Crippen molar-refractivity contribution in [1.82, 2.24) is 0 Å². The summed E-state index contributed by atoms with van der Waals surface area (Å²) in [4.78, 5) is 0. The highest BCUT2D eigenvalue weighted by Gasteiger charge is 2.34. The summed E-state index contributed by atoms with van der Waals surface area (Å²) in [5.41, 5.74) is 4.30. The first-order valence-electron chi connectivity index (χ1n) is 9.07. The van der Waals surface area contributed by atoms with Crippen LogP contribution < -0.4 is 9.47 Å². The van der Waals surface area contributed by atoms with Gasteiger partial charge in [-0.3, -0.25) is 0 Å². The zero-order valence-corrected chi connectivity index (χ0v) is 16.0. The number of hydrogen-bond acceptors (Lipinski definition) is 3. The summed E-state index contributed by atoms with van der Waals surface area (Å²) in [5.74, 6) is 1.91. The van der Waals surface area contributed by atoms with Crippen LogP contribution in [0.1, 0.15) is 63.3 Å². The van der Waals surface area contributed by atoms with Crippen molar-refractivity contribution in [2.75, 3.05) is 6.61 Å². The van der Waals surface area contributed by atoms with Crippen LogP contribution in [0, 0.1) is 6.92 Å². The maximum atomic E-state index is 11.0. The van der Waals surface area contributed by atoms with Crippen LogP contribution in [-0.4, -0.2) is 17.8 Å². The van der Waals surface area contributed by atoms with E-state index in [0.717, 1.165) is 44.5 Å². The molecule has 3 rings (SSSR count). The van der Waals surface area contributed by atoms with Crippen molar-refractivity contribution in [2.24, 2.45) is 0 Å². The van der Waals surface area contributed by atoms with Crippen molar-refractivity contribution < 1.29 is 14.6 Å². The highest BCUT2D eigenvalue weighted by molar-refractivity contribution is 5.96. The first-order valence-corrected chi connectivity index (χ1v) is 9.07. The molecule has 0 unspecified atom stereocenters. The highest BCUT2D eigenvalue weighted by atomic mass is 16.5. The molecular weight excluding hydrogens is 312 g/mol. The molecule has 0 aliphatic carbocycles. The number of allylic oxidation sites excluding steroid dienone is 1. The van der Waals surface area contributed by atoms with Crippen LogP contribution in [0.4, 0.5) is 0 Å². The van der Waals surface area contributed by atoms with Gasteiger partial charge in [0.25, 0.3) is 0 Å². The minimum Gasteiger partial charge on any atom is -0.490 e. The Kier molecular flexibility index (Phi) is 4.79. The van der Waals surface area contributed by atoms with Gasteiger partial charge < -0.3 is 14.6 Å². The normalized spacial score (nSPS) is 19.0. The fraction of sp³-hybridized carbons (Fsp3) is 0.455. The Balaban J connectivity index is 2.37. The van der Waals surface area contributed by atoms with E-state index in [0.29, 0.717) is 12.5 Å². The second kappa shape index (κ2) is 6.72. The van der Waals surface area contributed by atoms with Crippen LogP contribution in [0.25, 0.3) is 10.8 Å². The third kappa shape index (κ3) is 3.02. The zero-order chi connectivity index (χ0) is 18.3. The van der Waals surface area contributed by atoms with Crippen molar-refractivity contribution >= 4 is 10.8 Å². The molecule has 2 atom stereocenters. The van der Waals surface area contributed by atoms with Gasteiger partial charge in [0.1, 0.15) is 12.2 Å². The van der Waals surface area contributed by atoms with Crippen molar-refractivity contribution in [3.05, 3.63) is 46.5 Å². The number of aliphatic hydroxyl groups excluding tert-OH is 1. The predicted octanol–water partition coefficient (Wildman–Crippen LogP) is 5.43. The second-order valence-electron chi connectivity index (χ2n) is 7.38. The topological polar surface area (TPSA) is 38.7 Å². The van der Waals surface area contributed by atoms with Crippen LogP contribution in [-0.2, 0) is 0 Å². The van der Waals surface area contributed by atoms with E-state index in [2.05, 4.69) is 32.0 Å². The van der Waals surface area contributed by atoms with E-state index in [-0.39, 0.29) is 0 Å². The lowest BCUT2D eigenvalue weighted by atomic mass is 9.87. The summed E-state index contributed by atoms with van der Waals surface area (Å²) in [7, 11) is 0. The van der Waals surface area contributed by atoms with Crippen LogP contribution in [0.5, 0.6) is 11.5 Å². The van der Waals surface area contributed by atoms with Gasteiger partial charge in [0, 0.05) is 10.9 Å². The molecule has 0 saturated carbocycles. The van der Waals surface area contributed by atoms with Crippen LogP contribution >= 0.6 is 0 Å². The van der Waals surface area contributed by atoms with Gasteiger partial charge in [0.2, 0.25) is 0 Å². The summed E-state index contributed by atoms with van der Waals surface area (Å²) < 4.78 is 12.3. The Labute approximate surface area is 150 Å². The third-order valence-corrected chi connectivity index (χ3v) is 4.77.